The Balaban J connectivity index is 0.00000161. The average molecular weight is 324 g/mol. The Labute approximate surface area is 134 Å². The number of aromatic nitrogens is 1. The number of thiazole rings is 1. The quantitative estimate of drug-likeness (QED) is 0.831. The lowest BCUT2D eigenvalue weighted by Crippen LogP contribution is -2.12. The van der Waals surface area contributed by atoms with Crippen LogP contribution in [0, 0.1) is 5.92 Å². The second kappa shape index (κ2) is 6.45. The lowest BCUT2D eigenvalue weighted by atomic mass is 9.93. The van der Waals surface area contributed by atoms with Crippen molar-refractivity contribution < 1.29 is 4.79 Å². The Bertz CT molecular complexity index is 656. The summed E-state index contributed by atoms with van der Waals surface area (Å²) in [5, 5.41) is 3.56. The summed E-state index contributed by atoms with van der Waals surface area (Å²) in [7, 11) is 0. The van der Waals surface area contributed by atoms with E-state index in [1.807, 2.05) is 0 Å². The van der Waals surface area contributed by atoms with E-state index < -0.39 is 0 Å². The molecule has 1 atom stereocenters. The van der Waals surface area contributed by atoms with Crippen molar-refractivity contribution in [3.05, 3.63) is 40.4 Å². The van der Waals surface area contributed by atoms with Crippen molar-refractivity contribution in [3.63, 3.8) is 0 Å². The molecule has 0 fully saturated rings. The first kappa shape index (κ1) is 15.8. The molecule has 1 unspecified atom stereocenters. The molecule has 21 heavy (non-hydrogen) atoms. The van der Waals surface area contributed by atoms with Gasteiger partial charge in [0.15, 0.2) is 5.13 Å². The number of rotatable bonds is 2. The van der Waals surface area contributed by atoms with Crippen LogP contribution in [0.3, 0.4) is 0 Å². The predicted octanol–water partition coefficient (Wildman–Crippen LogP) is 3.52. The highest BCUT2D eigenvalue weighted by Gasteiger charge is 2.20. The molecule has 112 valence electrons. The molecule has 1 amide bonds. The van der Waals surface area contributed by atoms with E-state index in [4.69, 9.17) is 5.73 Å². The molecule has 0 saturated carbocycles. The van der Waals surface area contributed by atoms with Crippen LogP contribution in [0.2, 0.25) is 0 Å². The Morgan fingerprint density at radius 3 is 3.05 bits per heavy atom. The monoisotopic (exact) mass is 323 g/mol. The van der Waals surface area contributed by atoms with E-state index in [0.29, 0.717) is 22.3 Å². The second-order valence-electron chi connectivity index (χ2n) is 5.32. The van der Waals surface area contributed by atoms with Crippen LogP contribution in [0.5, 0.6) is 0 Å². The zero-order valence-corrected chi connectivity index (χ0v) is 13.4. The van der Waals surface area contributed by atoms with Crippen LogP contribution in [-0.2, 0) is 12.8 Å². The minimum absolute atomic E-state index is 0. The molecule has 1 aromatic carbocycles. The van der Waals surface area contributed by atoms with Gasteiger partial charge in [0.05, 0.1) is 5.69 Å². The van der Waals surface area contributed by atoms with E-state index in [0.717, 1.165) is 18.5 Å². The molecule has 2 aromatic rings. The lowest BCUT2D eigenvalue weighted by molar-refractivity contribution is 0.102. The highest BCUT2D eigenvalue weighted by molar-refractivity contribution is 7.15. The fourth-order valence-corrected chi connectivity index (χ4v) is 3.61. The SMILES string of the molecule is CC1CCc2nc(NC(=O)c3cccc(N)c3)sc2C1.Cl. The molecule has 3 N–H and O–H groups in total. The van der Waals surface area contributed by atoms with Crippen LogP contribution in [0.15, 0.2) is 24.3 Å². The standard InChI is InChI=1S/C15H17N3OS.ClH/c1-9-5-6-12-13(7-9)20-15(17-12)18-14(19)10-3-2-4-11(16)8-10;/h2-4,8-9H,5-7,16H2,1H3,(H,17,18,19);1H. The number of nitrogens with zero attached hydrogens (tertiary/aromatic N) is 1. The van der Waals surface area contributed by atoms with E-state index in [9.17, 15) is 4.79 Å². The maximum Gasteiger partial charge on any atom is 0.257 e. The summed E-state index contributed by atoms with van der Waals surface area (Å²) >= 11 is 1.59. The van der Waals surface area contributed by atoms with Gasteiger partial charge in [-0.3, -0.25) is 10.1 Å². The summed E-state index contributed by atoms with van der Waals surface area (Å²) in [5.41, 5.74) is 7.99. The van der Waals surface area contributed by atoms with Gasteiger partial charge >= 0.3 is 0 Å². The van der Waals surface area contributed by atoms with Crippen molar-refractivity contribution >= 4 is 40.5 Å². The lowest BCUT2D eigenvalue weighted by Gasteiger charge is -2.15. The molecule has 1 aliphatic carbocycles. The highest BCUT2D eigenvalue weighted by Crippen LogP contribution is 2.32. The number of nitrogens with one attached hydrogen (secondary N) is 1. The van der Waals surface area contributed by atoms with Crippen LogP contribution in [0.1, 0.15) is 34.3 Å². The maximum absolute atomic E-state index is 12.1. The number of anilines is 2. The summed E-state index contributed by atoms with van der Waals surface area (Å²) in [6.45, 7) is 2.26. The van der Waals surface area contributed by atoms with Crippen molar-refractivity contribution in [3.8, 4) is 0 Å². The van der Waals surface area contributed by atoms with Gasteiger partial charge in [-0.15, -0.1) is 23.7 Å². The average Bonchev–Trinajstić information content (AvgIpc) is 2.80. The Morgan fingerprint density at radius 1 is 1.48 bits per heavy atom. The molecule has 1 aromatic heterocycles. The van der Waals surface area contributed by atoms with Crippen molar-refractivity contribution in [1.82, 2.24) is 4.98 Å². The summed E-state index contributed by atoms with van der Waals surface area (Å²) in [4.78, 5) is 18.0. The van der Waals surface area contributed by atoms with E-state index in [1.165, 1.54) is 11.3 Å². The molecule has 0 saturated heterocycles. The topological polar surface area (TPSA) is 68.0 Å². The van der Waals surface area contributed by atoms with Crippen molar-refractivity contribution in [1.29, 1.82) is 0 Å². The second-order valence-corrected chi connectivity index (χ2v) is 6.40. The molecule has 0 bridgehead atoms. The number of carbonyl (C=O) groups is 1. The fourth-order valence-electron chi connectivity index (χ4n) is 2.44. The smallest absolute Gasteiger partial charge is 0.257 e. The summed E-state index contributed by atoms with van der Waals surface area (Å²) in [6, 6.07) is 6.96. The maximum atomic E-state index is 12.1. The van der Waals surface area contributed by atoms with Gasteiger partial charge in [-0.1, -0.05) is 13.0 Å². The molecule has 1 aliphatic rings. The molecule has 0 radical (unpaired) electrons. The first-order valence-corrected chi connectivity index (χ1v) is 7.59. The van der Waals surface area contributed by atoms with E-state index in [2.05, 4.69) is 17.2 Å². The minimum atomic E-state index is -0.156. The molecule has 4 nitrogen and oxygen atoms in total. The fraction of sp³-hybridized carbons (Fsp3) is 0.333. The molecular weight excluding hydrogens is 306 g/mol. The van der Waals surface area contributed by atoms with Gasteiger partial charge in [0, 0.05) is 16.1 Å². The van der Waals surface area contributed by atoms with Crippen molar-refractivity contribution in [2.45, 2.75) is 26.2 Å². The number of halogens is 1. The van der Waals surface area contributed by atoms with Crippen LogP contribution < -0.4 is 11.1 Å². The Kier molecular flexibility index (Phi) is 4.85. The molecule has 1 heterocycles. The number of hydrogen-bond acceptors (Lipinski definition) is 4. The summed E-state index contributed by atoms with van der Waals surface area (Å²) in [5.74, 6) is 0.553. The number of aryl methyl sites for hydroxylation is 1. The molecule has 6 heteroatoms. The number of benzene rings is 1. The van der Waals surface area contributed by atoms with E-state index in [-0.39, 0.29) is 18.3 Å². The van der Waals surface area contributed by atoms with E-state index >= 15 is 0 Å². The highest BCUT2D eigenvalue weighted by atomic mass is 35.5. The van der Waals surface area contributed by atoms with Gasteiger partial charge < -0.3 is 5.73 Å². The third kappa shape index (κ3) is 3.54. The number of amides is 1. The van der Waals surface area contributed by atoms with Gasteiger partial charge in [-0.2, -0.15) is 0 Å². The van der Waals surface area contributed by atoms with E-state index in [1.54, 1.807) is 35.6 Å². The first-order valence-electron chi connectivity index (χ1n) is 6.77. The normalized spacial score (nSPS) is 16.7. The number of nitrogens with two attached hydrogens (primary N) is 1. The summed E-state index contributed by atoms with van der Waals surface area (Å²) in [6.07, 6.45) is 3.27. The molecule has 0 aliphatic heterocycles. The van der Waals surface area contributed by atoms with Gasteiger partial charge in [0.25, 0.3) is 5.91 Å². The first-order chi connectivity index (χ1) is 9.61. The number of nitrogen functional groups attached to an aromatic ring is 1. The predicted molar refractivity (Wildman–Crippen MR) is 89.4 cm³/mol. The largest absolute Gasteiger partial charge is 0.399 e. The number of carbonyl (C=O) groups excluding carboxylic acids is 1. The third-order valence-electron chi connectivity index (χ3n) is 3.56. The van der Waals surface area contributed by atoms with Crippen LogP contribution in [0.25, 0.3) is 0 Å². The Morgan fingerprint density at radius 2 is 2.29 bits per heavy atom. The zero-order chi connectivity index (χ0) is 14.1. The van der Waals surface area contributed by atoms with Gasteiger partial charge in [0.2, 0.25) is 0 Å². The van der Waals surface area contributed by atoms with Gasteiger partial charge in [0.1, 0.15) is 0 Å². The number of fused-ring (bicyclic) bond motifs is 1. The Hall–Kier alpha value is -1.59. The molecule has 0 spiro atoms. The molecule has 3 rings (SSSR count). The van der Waals surface area contributed by atoms with Gasteiger partial charge in [-0.25, -0.2) is 4.98 Å². The van der Waals surface area contributed by atoms with Crippen molar-refractivity contribution in [2.24, 2.45) is 5.92 Å². The van der Waals surface area contributed by atoms with Gasteiger partial charge in [-0.05, 0) is 43.4 Å². The van der Waals surface area contributed by atoms with Crippen molar-refractivity contribution in [2.75, 3.05) is 11.1 Å². The van der Waals surface area contributed by atoms with Crippen LogP contribution >= 0.6 is 23.7 Å². The summed E-state index contributed by atoms with van der Waals surface area (Å²) < 4.78 is 0. The molecular formula is C15H18ClN3OS. The minimum Gasteiger partial charge on any atom is -0.399 e. The van der Waals surface area contributed by atoms with Crippen LogP contribution in [-0.4, -0.2) is 10.9 Å². The number of hydrogen-bond donors (Lipinski definition) is 2. The third-order valence-corrected chi connectivity index (χ3v) is 4.59. The van der Waals surface area contributed by atoms with Crippen LogP contribution in [0.4, 0.5) is 10.8 Å². The zero-order valence-electron chi connectivity index (χ0n) is 11.8.